The quantitative estimate of drug-likeness (QED) is 0.636. The summed E-state index contributed by atoms with van der Waals surface area (Å²) in [5, 5.41) is 0. The van der Waals surface area contributed by atoms with Crippen LogP contribution in [0.5, 0.6) is 0 Å². The summed E-state index contributed by atoms with van der Waals surface area (Å²) in [6.07, 6.45) is 13.9. The first-order valence-corrected chi connectivity index (χ1v) is 8.84. The Bertz CT molecular complexity index is 280. The van der Waals surface area contributed by atoms with Crippen molar-refractivity contribution < 1.29 is 4.74 Å². The number of methoxy groups -OCH3 is 1. The van der Waals surface area contributed by atoms with Gasteiger partial charge in [-0.25, -0.2) is 0 Å². The monoisotopic (exact) mass is 388 g/mol. The van der Waals surface area contributed by atoms with Crippen molar-refractivity contribution in [1.82, 2.24) is 4.90 Å². The molecule has 5 radical (unpaired) electrons. The van der Waals surface area contributed by atoms with Gasteiger partial charge in [-0.3, -0.25) is 0 Å². The van der Waals surface area contributed by atoms with Crippen molar-refractivity contribution in [3.8, 4) is 0 Å². The summed E-state index contributed by atoms with van der Waals surface area (Å²) in [6.45, 7) is 3.33. The Morgan fingerprint density at radius 3 is 2.55 bits per heavy atom. The summed E-state index contributed by atoms with van der Waals surface area (Å²) >= 11 is 2.38. The van der Waals surface area contributed by atoms with Crippen molar-refractivity contribution in [2.24, 2.45) is 5.92 Å². The van der Waals surface area contributed by atoms with E-state index in [2.05, 4.69) is 60.7 Å². The van der Waals surface area contributed by atoms with Gasteiger partial charge in [0.05, 0.1) is 6.10 Å². The van der Waals surface area contributed by atoms with Crippen LogP contribution in [0.3, 0.4) is 0 Å². The first-order chi connectivity index (χ1) is 9.61. The smallest absolute Gasteiger partial charge is 0.0751 e. The summed E-state index contributed by atoms with van der Waals surface area (Å²) in [6, 6.07) is 0.468. The Morgan fingerprint density at radius 1 is 1.30 bits per heavy atom. The molecule has 2 rings (SSSR count). The maximum absolute atomic E-state index is 5.87. The van der Waals surface area contributed by atoms with Gasteiger partial charge < -0.3 is 9.64 Å². The molecule has 0 aromatic carbocycles. The zero-order chi connectivity index (χ0) is 14.5. The van der Waals surface area contributed by atoms with Crippen LogP contribution in [0.15, 0.2) is 0 Å². The molecule has 2 nitrogen and oxygen atoms in total. The molecule has 0 amide bonds. The largest absolute Gasteiger partial charge is 0.380 e. The molecule has 2 fully saturated rings. The number of hydrogen-bond donors (Lipinski definition) is 0. The molecule has 20 heavy (non-hydrogen) atoms. The average molecular weight is 388 g/mol. The molecule has 0 spiro atoms. The molecule has 0 saturated heterocycles. The van der Waals surface area contributed by atoms with Gasteiger partial charge in [0, 0.05) is 23.6 Å². The fourth-order valence-electron chi connectivity index (χ4n) is 3.49. The molecule has 0 unspecified atom stereocenters. The number of nitrogens with zero attached hydrogens (tertiary/aromatic N) is 1. The van der Waals surface area contributed by atoms with Crippen LogP contribution >= 0.6 is 22.6 Å². The van der Waals surface area contributed by atoms with Crippen LogP contribution < -0.4 is 0 Å². The fourth-order valence-corrected chi connectivity index (χ4v) is 4.07. The summed E-state index contributed by atoms with van der Waals surface area (Å²) in [5.41, 5.74) is 0. The number of halogens is 1. The third kappa shape index (κ3) is 4.57. The lowest BCUT2D eigenvalue weighted by atomic mass is 9.82. The lowest BCUT2D eigenvalue weighted by Crippen LogP contribution is -2.45. The molecule has 0 aromatic rings. The van der Waals surface area contributed by atoms with Crippen molar-refractivity contribution in [2.75, 3.05) is 20.7 Å². The molecular weight excluding hydrogens is 361 g/mol. The van der Waals surface area contributed by atoms with Crippen LogP contribution in [-0.4, -0.2) is 37.7 Å². The van der Waals surface area contributed by atoms with Gasteiger partial charge >= 0.3 is 0 Å². The molecule has 2 atom stereocenters. The molecule has 0 aliphatic heterocycles. The standard InChI is InChI=1S/C17H27INO/c1-13(17(20-3)15-7-5-4-6-8-15)19(2)12-14-9-10-16(18)11-14/h9-11,13,15,17H,4-8,12H2,1-3H3/t13-,17-/m0/s1. The van der Waals surface area contributed by atoms with Crippen LogP contribution in [0.2, 0.25) is 0 Å². The number of hydrogen-bond acceptors (Lipinski definition) is 2. The summed E-state index contributed by atoms with van der Waals surface area (Å²) in [5.74, 6) is 2.15. The van der Waals surface area contributed by atoms with E-state index in [1.807, 2.05) is 7.11 Å². The zero-order valence-corrected chi connectivity index (χ0v) is 15.1. The predicted octanol–water partition coefficient (Wildman–Crippen LogP) is 4.07. The highest BCUT2D eigenvalue weighted by Crippen LogP contribution is 2.37. The maximum atomic E-state index is 5.87. The molecule has 113 valence electrons. The van der Waals surface area contributed by atoms with Gasteiger partial charge in [0.2, 0.25) is 0 Å². The molecule has 2 aliphatic rings. The summed E-state index contributed by atoms with van der Waals surface area (Å²) in [4.78, 5) is 2.44. The third-order valence-corrected chi connectivity index (χ3v) is 5.44. The predicted molar refractivity (Wildman–Crippen MR) is 92.9 cm³/mol. The van der Waals surface area contributed by atoms with E-state index in [1.54, 1.807) is 0 Å². The third-order valence-electron chi connectivity index (χ3n) is 4.77. The van der Waals surface area contributed by atoms with Crippen LogP contribution in [0.1, 0.15) is 39.0 Å². The van der Waals surface area contributed by atoms with Crippen molar-refractivity contribution in [2.45, 2.75) is 51.2 Å². The Kier molecular flexibility index (Phi) is 7.08. The Labute approximate surface area is 139 Å². The highest BCUT2D eigenvalue weighted by atomic mass is 127. The van der Waals surface area contributed by atoms with Crippen LogP contribution in [0, 0.1) is 35.0 Å². The second kappa shape index (κ2) is 8.33. The van der Waals surface area contributed by atoms with Crippen molar-refractivity contribution >= 4 is 22.6 Å². The minimum Gasteiger partial charge on any atom is -0.380 e. The molecular formula is C17H27INO. The second-order valence-corrected chi connectivity index (χ2v) is 7.44. The van der Waals surface area contributed by atoms with E-state index >= 15 is 0 Å². The van der Waals surface area contributed by atoms with Crippen molar-refractivity contribution in [3.63, 3.8) is 0 Å². The molecule has 0 aromatic heterocycles. The highest BCUT2D eigenvalue weighted by Gasteiger charge is 2.32. The Balaban J connectivity index is 1.84. The summed E-state index contributed by atoms with van der Waals surface area (Å²) in [7, 11) is 4.11. The summed E-state index contributed by atoms with van der Waals surface area (Å²) < 4.78 is 7.20. The lowest BCUT2D eigenvalue weighted by molar-refractivity contribution is -0.0178. The van der Waals surface area contributed by atoms with Gasteiger partial charge in [0.25, 0.3) is 0 Å². The van der Waals surface area contributed by atoms with Gasteiger partial charge in [0.1, 0.15) is 0 Å². The molecule has 3 heteroatoms. The van der Waals surface area contributed by atoms with E-state index in [0.29, 0.717) is 12.1 Å². The minimum absolute atomic E-state index is 0.370. The molecule has 0 bridgehead atoms. The molecule has 2 saturated carbocycles. The van der Waals surface area contributed by atoms with Crippen LogP contribution in [0.25, 0.3) is 0 Å². The van der Waals surface area contributed by atoms with E-state index < -0.39 is 0 Å². The molecule has 0 N–H and O–H groups in total. The highest BCUT2D eigenvalue weighted by molar-refractivity contribution is 14.1. The maximum Gasteiger partial charge on any atom is 0.0751 e. The first-order valence-electron chi connectivity index (χ1n) is 7.76. The second-order valence-electron chi connectivity index (χ2n) is 6.19. The van der Waals surface area contributed by atoms with Crippen LogP contribution in [-0.2, 0) is 4.74 Å². The lowest BCUT2D eigenvalue weighted by Gasteiger charge is -2.38. The van der Waals surface area contributed by atoms with E-state index in [9.17, 15) is 0 Å². The van der Waals surface area contributed by atoms with Crippen molar-refractivity contribution in [3.05, 3.63) is 29.1 Å². The Morgan fingerprint density at radius 2 is 2.00 bits per heavy atom. The number of likely N-dealkylation sites (N-methyl/N-ethyl adjacent to an activating group) is 1. The van der Waals surface area contributed by atoms with Crippen molar-refractivity contribution in [1.29, 1.82) is 0 Å². The van der Waals surface area contributed by atoms with E-state index in [-0.39, 0.29) is 0 Å². The molecule has 0 heterocycles. The van der Waals surface area contributed by atoms with Crippen LogP contribution in [0.4, 0.5) is 0 Å². The first kappa shape index (κ1) is 17.0. The van der Waals surface area contributed by atoms with Gasteiger partial charge in [-0.15, -0.1) is 0 Å². The number of ether oxygens (including phenoxy) is 1. The topological polar surface area (TPSA) is 12.5 Å². The SMILES string of the molecule is CO[C@H](C1CCCCC1)[C@H](C)N(C)C[C]1[CH][CH][C](I)[CH]1. The average Bonchev–Trinajstić information content (AvgIpc) is 2.86. The van der Waals surface area contributed by atoms with Gasteiger partial charge in [-0.1, -0.05) is 41.9 Å². The zero-order valence-electron chi connectivity index (χ0n) is 12.9. The van der Waals surface area contributed by atoms with Gasteiger partial charge in [-0.2, -0.15) is 0 Å². The van der Waals surface area contributed by atoms with E-state index in [1.165, 1.54) is 41.9 Å². The normalized spacial score (nSPS) is 26.2. The molecule has 2 aliphatic carbocycles. The van der Waals surface area contributed by atoms with Gasteiger partial charge in [-0.05, 0) is 57.9 Å². The number of rotatable bonds is 6. The van der Waals surface area contributed by atoms with E-state index in [4.69, 9.17) is 4.74 Å². The Hall–Kier alpha value is 0.650. The fraction of sp³-hybridized carbons (Fsp3) is 0.706. The minimum atomic E-state index is 0.370. The van der Waals surface area contributed by atoms with Gasteiger partial charge in [0.15, 0.2) is 0 Å². The van der Waals surface area contributed by atoms with E-state index in [0.717, 1.165) is 12.5 Å².